The fourth-order valence-corrected chi connectivity index (χ4v) is 5.39. The van der Waals surface area contributed by atoms with Gasteiger partial charge in [0.25, 0.3) is 5.91 Å². The first-order valence-corrected chi connectivity index (χ1v) is 10.8. The minimum Gasteiger partial charge on any atom is -0.330 e. The molecule has 26 heavy (non-hydrogen) atoms. The van der Waals surface area contributed by atoms with Crippen LogP contribution < -0.4 is 0 Å². The number of carbonyl (C=O) groups excluding carboxylic acids is 1. The molecule has 1 aromatic carbocycles. The number of aromatic nitrogens is 1. The molecule has 0 radical (unpaired) electrons. The standard InChI is InChI=1S/C20H23N3OS2/c1-2-22-10-5-7-16(22)13-23(14-19-21-9-11-25-19)20(24)18-12-15-6-3-4-8-17(15)26-18/h3-4,6,8-9,11-12,16H,2,5,7,10,13-14H2,1H3/t16-/m0/s1. The lowest BCUT2D eigenvalue weighted by Crippen LogP contribution is -2.42. The van der Waals surface area contributed by atoms with Crippen molar-refractivity contribution in [3.63, 3.8) is 0 Å². The molecular weight excluding hydrogens is 362 g/mol. The third kappa shape index (κ3) is 3.68. The smallest absolute Gasteiger partial charge is 0.264 e. The Balaban J connectivity index is 1.59. The number of hydrogen-bond acceptors (Lipinski definition) is 5. The van der Waals surface area contributed by atoms with Crippen LogP contribution in [0.25, 0.3) is 10.1 Å². The second kappa shape index (κ2) is 7.86. The van der Waals surface area contributed by atoms with Crippen LogP contribution in [0, 0.1) is 0 Å². The SMILES string of the molecule is CCN1CCC[C@H]1CN(Cc1nccs1)C(=O)c1cc2ccccc2s1. The highest BCUT2D eigenvalue weighted by molar-refractivity contribution is 7.20. The van der Waals surface area contributed by atoms with Crippen molar-refractivity contribution >= 4 is 38.7 Å². The van der Waals surface area contributed by atoms with Crippen LogP contribution in [-0.2, 0) is 6.54 Å². The summed E-state index contributed by atoms with van der Waals surface area (Å²) in [6.07, 6.45) is 4.21. The summed E-state index contributed by atoms with van der Waals surface area (Å²) in [5, 5.41) is 4.12. The molecule has 136 valence electrons. The third-order valence-corrected chi connectivity index (χ3v) is 6.94. The molecule has 1 aliphatic rings. The highest BCUT2D eigenvalue weighted by atomic mass is 32.1. The molecule has 0 saturated carbocycles. The first-order valence-electron chi connectivity index (χ1n) is 9.15. The zero-order chi connectivity index (χ0) is 17.9. The Morgan fingerprint density at radius 3 is 3.04 bits per heavy atom. The van der Waals surface area contributed by atoms with Crippen molar-refractivity contribution in [3.05, 3.63) is 51.8 Å². The molecule has 1 amide bonds. The maximum absolute atomic E-state index is 13.3. The van der Waals surface area contributed by atoms with Gasteiger partial charge in [0.2, 0.25) is 0 Å². The number of hydrogen-bond donors (Lipinski definition) is 0. The minimum atomic E-state index is 0.129. The van der Waals surface area contributed by atoms with Crippen molar-refractivity contribution in [2.75, 3.05) is 19.6 Å². The Kier molecular flexibility index (Phi) is 5.33. The van der Waals surface area contributed by atoms with Gasteiger partial charge >= 0.3 is 0 Å². The van der Waals surface area contributed by atoms with E-state index in [0.717, 1.165) is 34.9 Å². The largest absolute Gasteiger partial charge is 0.330 e. The first-order chi connectivity index (χ1) is 12.7. The molecule has 1 fully saturated rings. The lowest BCUT2D eigenvalue weighted by Gasteiger charge is -2.29. The van der Waals surface area contributed by atoms with Gasteiger partial charge in [0, 0.05) is 28.9 Å². The lowest BCUT2D eigenvalue weighted by molar-refractivity contribution is 0.0697. The minimum absolute atomic E-state index is 0.129. The maximum atomic E-state index is 13.3. The van der Waals surface area contributed by atoms with Crippen molar-refractivity contribution in [3.8, 4) is 0 Å². The fraction of sp³-hybridized carbons (Fsp3) is 0.400. The normalized spacial score (nSPS) is 17.8. The van der Waals surface area contributed by atoms with Crippen molar-refractivity contribution in [2.24, 2.45) is 0 Å². The monoisotopic (exact) mass is 385 g/mol. The topological polar surface area (TPSA) is 36.4 Å². The van der Waals surface area contributed by atoms with Crippen LogP contribution in [0.5, 0.6) is 0 Å². The van der Waals surface area contributed by atoms with Gasteiger partial charge in [0.15, 0.2) is 0 Å². The number of amides is 1. The van der Waals surface area contributed by atoms with Crippen LogP contribution in [0.15, 0.2) is 41.9 Å². The van der Waals surface area contributed by atoms with E-state index >= 15 is 0 Å². The molecule has 4 nitrogen and oxygen atoms in total. The van der Waals surface area contributed by atoms with E-state index in [1.54, 1.807) is 22.7 Å². The Bertz CT molecular complexity index is 841. The predicted molar refractivity (Wildman–Crippen MR) is 109 cm³/mol. The Morgan fingerprint density at radius 2 is 2.27 bits per heavy atom. The van der Waals surface area contributed by atoms with E-state index in [1.807, 2.05) is 34.7 Å². The molecule has 1 atom stereocenters. The summed E-state index contributed by atoms with van der Waals surface area (Å²) in [6.45, 7) is 5.77. The molecule has 0 spiro atoms. The van der Waals surface area contributed by atoms with Gasteiger partial charge in [0.05, 0.1) is 11.4 Å². The van der Waals surface area contributed by atoms with Crippen molar-refractivity contribution < 1.29 is 4.79 Å². The number of rotatable bonds is 6. The van der Waals surface area contributed by atoms with Crippen LogP contribution >= 0.6 is 22.7 Å². The van der Waals surface area contributed by atoms with Gasteiger partial charge in [0.1, 0.15) is 5.01 Å². The van der Waals surface area contributed by atoms with Gasteiger partial charge in [-0.1, -0.05) is 25.1 Å². The molecule has 6 heteroatoms. The number of carbonyl (C=O) groups is 1. The van der Waals surface area contributed by atoms with Crippen LogP contribution in [0.1, 0.15) is 34.4 Å². The molecule has 3 aromatic rings. The van der Waals surface area contributed by atoms with E-state index in [0.29, 0.717) is 12.6 Å². The Hall–Kier alpha value is -1.76. The van der Waals surface area contributed by atoms with Crippen molar-refractivity contribution in [1.29, 1.82) is 0 Å². The van der Waals surface area contributed by atoms with E-state index in [1.165, 1.54) is 17.5 Å². The van der Waals surface area contributed by atoms with E-state index in [2.05, 4.69) is 28.9 Å². The number of likely N-dealkylation sites (N-methyl/N-ethyl adjacent to an activating group) is 1. The number of likely N-dealkylation sites (tertiary alicyclic amines) is 1. The van der Waals surface area contributed by atoms with Gasteiger partial charge in [-0.15, -0.1) is 22.7 Å². The molecule has 0 aliphatic carbocycles. The second-order valence-corrected chi connectivity index (χ2v) is 8.75. The van der Waals surface area contributed by atoms with E-state index < -0.39 is 0 Å². The van der Waals surface area contributed by atoms with E-state index in [4.69, 9.17) is 0 Å². The molecule has 0 N–H and O–H groups in total. The maximum Gasteiger partial charge on any atom is 0.264 e. The molecule has 1 aliphatic heterocycles. The highest BCUT2D eigenvalue weighted by Gasteiger charge is 2.28. The summed E-state index contributed by atoms with van der Waals surface area (Å²) in [5.41, 5.74) is 0. The van der Waals surface area contributed by atoms with Crippen LogP contribution in [0.2, 0.25) is 0 Å². The third-order valence-electron chi connectivity index (χ3n) is 5.07. The second-order valence-electron chi connectivity index (χ2n) is 6.68. The number of thiophene rings is 1. The quantitative estimate of drug-likeness (QED) is 0.627. The molecule has 4 rings (SSSR count). The number of fused-ring (bicyclic) bond motifs is 1. The van der Waals surface area contributed by atoms with Gasteiger partial charge in [-0.25, -0.2) is 4.98 Å². The summed E-state index contributed by atoms with van der Waals surface area (Å²) >= 11 is 3.21. The van der Waals surface area contributed by atoms with Gasteiger partial charge in [-0.2, -0.15) is 0 Å². The molecular formula is C20H23N3OS2. The molecule has 3 heterocycles. The predicted octanol–water partition coefficient (Wildman–Crippen LogP) is 4.48. The molecule has 2 aromatic heterocycles. The zero-order valence-electron chi connectivity index (χ0n) is 14.9. The molecule has 0 bridgehead atoms. The van der Waals surface area contributed by atoms with Crippen molar-refractivity contribution in [1.82, 2.24) is 14.8 Å². The van der Waals surface area contributed by atoms with Crippen LogP contribution in [-0.4, -0.2) is 46.4 Å². The summed E-state index contributed by atoms with van der Waals surface area (Å²) in [5.74, 6) is 0.129. The summed E-state index contributed by atoms with van der Waals surface area (Å²) in [6, 6.07) is 10.7. The van der Waals surface area contributed by atoms with Gasteiger partial charge in [-0.3, -0.25) is 9.69 Å². The number of nitrogens with zero attached hydrogens (tertiary/aromatic N) is 3. The molecule has 0 unspecified atom stereocenters. The van der Waals surface area contributed by atoms with Crippen molar-refractivity contribution in [2.45, 2.75) is 32.4 Å². The first kappa shape index (κ1) is 17.6. The average molecular weight is 386 g/mol. The zero-order valence-corrected chi connectivity index (χ0v) is 16.6. The number of benzene rings is 1. The van der Waals surface area contributed by atoms with Crippen LogP contribution in [0.4, 0.5) is 0 Å². The van der Waals surface area contributed by atoms with E-state index in [-0.39, 0.29) is 5.91 Å². The van der Waals surface area contributed by atoms with E-state index in [9.17, 15) is 4.79 Å². The molecule has 1 saturated heterocycles. The highest BCUT2D eigenvalue weighted by Crippen LogP contribution is 2.28. The lowest BCUT2D eigenvalue weighted by atomic mass is 10.2. The average Bonchev–Trinajstić information content (AvgIpc) is 3.40. The summed E-state index contributed by atoms with van der Waals surface area (Å²) < 4.78 is 1.17. The fourth-order valence-electron chi connectivity index (χ4n) is 3.73. The summed E-state index contributed by atoms with van der Waals surface area (Å²) in [4.78, 5) is 23.0. The Labute approximate surface area is 162 Å². The summed E-state index contributed by atoms with van der Waals surface area (Å²) in [7, 11) is 0. The Morgan fingerprint density at radius 1 is 1.38 bits per heavy atom. The number of thiazole rings is 1. The van der Waals surface area contributed by atoms with Crippen LogP contribution in [0.3, 0.4) is 0 Å². The van der Waals surface area contributed by atoms with Gasteiger partial charge in [-0.05, 0) is 43.5 Å². The van der Waals surface area contributed by atoms with Gasteiger partial charge < -0.3 is 4.90 Å².